The molecule has 0 aliphatic heterocycles. The summed E-state index contributed by atoms with van der Waals surface area (Å²) < 4.78 is 0. The molecule has 0 bridgehead atoms. The summed E-state index contributed by atoms with van der Waals surface area (Å²) in [4.78, 5) is 12.3. The highest BCUT2D eigenvalue weighted by Crippen LogP contribution is 2.48. The molecule has 0 aromatic rings. The van der Waals surface area contributed by atoms with E-state index in [1.807, 2.05) is 7.05 Å². The van der Waals surface area contributed by atoms with Gasteiger partial charge in [-0.1, -0.05) is 19.3 Å². The van der Waals surface area contributed by atoms with Gasteiger partial charge in [-0.25, -0.2) is 0 Å². The number of carbonyl (C=O) groups is 1. The first kappa shape index (κ1) is 14.4. The second-order valence-electron chi connectivity index (χ2n) is 7.41. The van der Waals surface area contributed by atoms with Crippen molar-refractivity contribution in [1.29, 1.82) is 0 Å². The predicted octanol–water partition coefficient (Wildman–Crippen LogP) is 2.85. The van der Waals surface area contributed by atoms with Crippen LogP contribution in [0.4, 0.5) is 0 Å². The maximum Gasteiger partial charge on any atom is 0.221 e. The van der Waals surface area contributed by atoms with Crippen LogP contribution in [0.2, 0.25) is 0 Å². The Morgan fingerprint density at radius 3 is 2.20 bits per heavy atom. The minimum Gasteiger partial charge on any atom is -0.356 e. The topological polar surface area (TPSA) is 41.1 Å². The Balaban J connectivity index is 1.45. The maximum absolute atomic E-state index is 12.3. The third kappa shape index (κ3) is 3.55. The average Bonchev–Trinajstić information content (AvgIpc) is 3.33. The molecule has 0 heterocycles. The average molecular weight is 278 g/mol. The molecule has 3 nitrogen and oxygen atoms in total. The molecule has 114 valence electrons. The van der Waals surface area contributed by atoms with Gasteiger partial charge in [0.2, 0.25) is 5.91 Å². The molecule has 20 heavy (non-hydrogen) atoms. The smallest absolute Gasteiger partial charge is 0.221 e. The highest BCUT2D eigenvalue weighted by molar-refractivity contribution is 5.77. The van der Waals surface area contributed by atoms with Crippen LogP contribution < -0.4 is 10.6 Å². The first-order chi connectivity index (χ1) is 9.72. The largest absolute Gasteiger partial charge is 0.356 e. The van der Waals surface area contributed by atoms with Gasteiger partial charge in [-0.05, 0) is 63.3 Å². The minimum absolute atomic E-state index is 0.0803. The van der Waals surface area contributed by atoms with Gasteiger partial charge in [0, 0.05) is 18.5 Å². The van der Waals surface area contributed by atoms with Gasteiger partial charge >= 0.3 is 0 Å². The summed E-state index contributed by atoms with van der Waals surface area (Å²) in [5.74, 6) is 2.91. The second kappa shape index (κ2) is 6.05. The van der Waals surface area contributed by atoms with Crippen molar-refractivity contribution in [3.8, 4) is 0 Å². The van der Waals surface area contributed by atoms with E-state index >= 15 is 0 Å². The van der Waals surface area contributed by atoms with Crippen molar-refractivity contribution in [3.05, 3.63) is 0 Å². The van der Waals surface area contributed by atoms with Crippen LogP contribution in [-0.4, -0.2) is 25.0 Å². The van der Waals surface area contributed by atoms with E-state index in [9.17, 15) is 4.79 Å². The number of nitrogens with one attached hydrogen (secondary N) is 2. The summed E-state index contributed by atoms with van der Waals surface area (Å²) in [5.41, 5.74) is 0.0803. The van der Waals surface area contributed by atoms with E-state index < -0.39 is 0 Å². The molecule has 3 heteroatoms. The van der Waals surface area contributed by atoms with Crippen molar-refractivity contribution < 1.29 is 4.79 Å². The van der Waals surface area contributed by atoms with Crippen molar-refractivity contribution in [2.75, 3.05) is 13.6 Å². The SMILES string of the molecule is CNC1(CC(=O)NCC(C2CC2)C2CC2)CCCCC1. The lowest BCUT2D eigenvalue weighted by Gasteiger charge is -2.36. The van der Waals surface area contributed by atoms with Crippen LogP contribution in [-0.2, 0) is 4.79 Å². The Bertz CT molecular complexity index is 329. The fourth-order valence-electron chi connectivity index (χ4n) is 4.11. The molecule has 3 fully saturated rings. The molecule has 0 radical (unpaired) electrons. The summed E-state index contributed by atoms with van der Waals surface area (Å²) in [6.07, 6.45) is 12.4. The standard InChI is InChI=1S/C17H30N2O/c1-18-17(9-3-2-4-10-17)11-16(20)19-12-15(13-5-6-13)14-7-8-14/h13-15,18H,2-12H2,1H3,(H,19,20). The summed E-state index contributed by atoms with van der Waals surface area (Å²) in [7, 11) is 2.02. The maximum atomic E-state index is 12.3. The fourth-order valence-corrected chi connectivity index (χ4v) is 4.11. The molecule has 0 saturated heterocycles. The lowest BCUT2D eigenvalue weighted by Crippen LogP contribution is -2.48. The molecular weight excluding hydrogens is 248 g/mol. The molecule has 0 aromatic carbocycles. The zero-order chi connectivity index (χ0) is 14.0. The summed E-state index contributed by atoms with van der Waals surface area (Å²) in [6.45, 7) is 0.938. The van der Waals surface area contributed by atoms with Gasteiger partial charge in [0.05, 0.1) is 0 Å². The van der Waals surface area contributed by atoms with Gasteiger partial charge < -0.3 is 10.6 Å². The van der Waals surface area contributed by atoms with Gasteiger partial charge in [0.15, 0.2) is 0 Å². The molecule has 3 saturated carbocycles. The van der Waals surface area contributed by atoms with E-state index in [0.717, 1.165) is 37.1 Å². The van der Waals surface area contributed by atoms with Crippen LogP contribution in [0.5, 0.6) is 0 Å². The molecule has 0 spiro atoms. The molecule has 0 aromatic heterocycles. The Morgan fingerprint density at radius 2 is 1.70 bits per heavy atom. The Hall–Kier alpha value is -0.570. The van der Waals surface area contributed by atoms with E-state index in [-0.39, 0.29) is 11.4 Å². The molecule has 0 unspecified atom stereocenters. The Morgan fingerprint density at radius 1 is 1.10 bits per heavy atom. The zero-order valence-electron chi connectivity index (χ0n) is 12.9. The van der Waals surface area contributed by atoms with Crippen LogP contribution in [0.1, 0.15) is 64.2 Å². The van der Waals surface area contributed by atoms with Crippen LogP contribution >= 0.6 is 0 Å². The second-order valence-corrected chi connectivity index (χ2v) is 7.41. The number of amides is 1. The summed E-state index contributed by atoms with van der Waals surface area (Å²) in [5, 5.41) is 6.70. The third-order valence-electron chi connectivity index (χ3n) is 5.83. The van der Waals surface area contributed by atoms with Crippen LogP contribution in [0.3, 0.4) is 0 Å². The lowest BCUT2D eigenvalue weighted by atomic mass is 9.79. The van der Waals surface area contributed by atoms with Gasteiger partial charge in [-0.2, -0.15) is 0 Å². The van der Waals surface area contributed by atoms with Gasteiger partial charge in [-0.3, -0.25) is 4.79 Å². The van der Waals surface area contributed by atoms with E-state index in [4.69, 9.17) is 0 Å². The first-order valence-corrected chi connectivity index (χ1v) is 8.68. The predicted molar refractivity (Wildman–Crippen MR) is 81.4 cm³/mol. The monoisotopic (exact) mass is 278 g/mol. The van der Waals surface area contributed by atoms with E-state index in [2.05, 4.69) is 10.6 Å². The van der Waals surface area contributed by atoms with Crippen molar-refractivity contribution in [3.63, 3.8) is 0 Å². The normalized spacial score (nSPS) is 25.7. The minimum atomic E-state index is 0.0803. The third-order valence-corrected chi connectivity index (χ3v) is 5.83. The van der Waals surface area contributed by atoms with Crippen LogP contribution in [0, 0.1) is 17.8 Å². The number of carbonyl (C=O) groups excluding carboxylic acids is 1. The van der Waals surface area contributed by atoms with E-state index in [1.54, 1.807) is 0 Å². The summed E-state index contributed by atoms with van der Waals surface area (Å²) >= 11 is 0. The van der Waals surface area contributed by atoms with Crippen molar-refractivity contribution in [2.45, 2.75) is 69.7 Å². The van der Waals surface area contributed by atoms with E-state index in [1.165, 1.54) is 44.9 Å². The molecule has 3 aliphatic carbocycles. The van der Waals surface area contributed by atoms with Crippen molar-refractivity contribution in [1.82, 2.24) is 10.6 Å². The number of rotatable bonds is 7. The zero-order valence-corrected chi connectivity index (χ0v) is 12.9. The highest BCUT2D eigenvalue weighted by atomic mass is 16.1. The molecule has 0 atom stereocenters. The molecule has 3 rings (SSSR count). The van der Waals surface area contributed by atoms with Crippen molar-refractivity contribution in [2.24, 2.45) is 17.8 Å². The molecular formula is C17H30N2O. The quantitative estimate of drug-likeness (QED) is 0.752. The Labute approximate surface area is 123 Å². The van der Waals surface area contributed by atoms with Gasteiger partial charge in [-0.15, -0.1) is 0 Å². The summed E-state index contributed by atoms with van der Waals surface area (Å²) in [6, 6.07) is 0. The highest BCUT2D eigenvalue weighted by Gasteiger charge is 2.41. The molecule has 3 aliphatic rings. The number of hydrogen-bond acceptors (Lipinski definition) is 2. The van der Waals surface area contributed by atoms with Gasteiger partial charge in [0.25, 0.3) is 0 Å². The van der Waals surface area contributed by atoms with E-state index in [0.29, 0.717) is 6.42 Å². The fraction of sp³-hybridized carbons (Fsp3) is 0.941. The van der Waals surface area contributed by atoms with Crippen LogP contribution in [0.25, 0.3) is 0 Å². The molecule has 2 N–H and O–H groups in total. The van der Waals surface area contributed by atoms with Crippen molar-refractivity contribution >= 4 is 5.91 Å². The van der Waals surface area contributed by atoms with Crippen LogP contribution in [0.15, 0.2) is 0 Å². The first-order valence-electron chi connectivity index (χ1n) is 8.68. The molecule has 1 amide bonds. The number of hydrogen-bond donors (Lipinski definition) is 2. The lowest BCUT2D eigenvalue weighted by molar-refractivity contribution is -0.123. The Kier molecular flexibility index (Phi) is 4.34. The van der Waals surface area contributed by atoms with Gasteiger partial charge in [0.1, 0.15) is 0 Å².